The van der Waals surface area contributed by atoms with Crippen LogP contribution in [0.4, 0.5) is 0 Å². The maximum atomic E-state index is 11.1. The van der Waals surface area contributed by atoms with Gasteiger partial charge in [-0.1, -0.05) is 0 Å². The van der Waals surface area contributed by atoms with Gasteiger partial charge in [0.25, 0.3) is 0 Å². The van der Waals surface area contributed by atoms with Crippen molar-refractivity contribution in [3.05, 3.63) is 28.2 Å². The third-order valence-corrected chi connectivity index (χ3v) is 4.64. The number of ether oxygens (including phenoxy) is 3. The van der Waals surface area contributed by atoms with Gasteiger partial charge in [-0.25, -0.2) is 4.79 Å². The summed E-state index contributed by atoms with van der Waals surface area (Å²) in [4.78, 5) is 11.1. The zero-order chi connectivity index (χ0) is 14.9. The standard InChI is InChI=1S/C15H17BrO5/c16-12-2-1-10(14(17)18)7-13(12)21-11-3-5-20-15(8-11)4-6-19-9-15/h1-2,7,11H,3-6,8-9H2,(H,17,18). The molecule has 0 bridgehead atoms. The van der Waals surface area contributed by atoms with E-state index in [1.165, 1.54) is 0 Å². The first-order chi connectivity index (χ1) is 10.1. The van der Waals surface area contributed by atoms with Crippen LogP contribution >= 0.6 is 15.9 Å². The Labute approximate surface area is 131 Å². The van der Waals surface area contributed by atoms with Crippen LogP contribution in [0.2, 0.25) is 0 Å². The van der Waals surface area contributed by atoms with E-state index < -0.39 is 5.97 Å². The molecule has 0 aliphatic carbocycles. The second kappa shape index (κ2) is 5.94. The van der Waals surface area contributed by atoms with Gasteiger partial charge in [0.05, 0.1) is 28.9 Å². The summed E-state index contributed by atoms with van der Waals surface area (Å²) < 4.78 is 18.1. The molecule has 1 spiro atoms. The summed E-state index contributed by atoms with van der Waals surface area (Å²) in [5.74, 6) is -0.393. The predicted molar refractivity (Wildman–Crippen MR) is 78.9 cm³/mol. The summed E-state index contributed by atoms with van der Waals surface area (Å²) in [5, 5.41) is 9.07. The van der Waals surface area contributed by atoms with E-state index in [1.54, 1.807) is 18.2 Å². The molecule has 0 amide bonds. The van der Waals surface area contributed by atoms with E-state index in [-0.39, 0.29) is 17.3 Å². The molecule has 2 heterocycles. The first-order valence-corrected chi connectivity index (χ1v) is 7.78. The van der Waals surface area contributed by atoms with Gasteiger partial charge in [0.2, 0.25) is 0 Å². The lowest BCUT2D eigenvalue weighted by atomic mass is 9.91. The van der Waals surface area contributed by atoms with Crippen molar-refractivity contribution in [1.82, 2.24) is 0 Å². The van der Waals surface area contributed by atoms with Gasteiger partial charge in [-0.3, -0.25) is 0 Å². The maximum Gasteiger partial charge on any atom is 0.335 e. The van der Waals surface area contributed by atoms with E-state index in [0.29, 0.717) is 19.0 Å². The predicted octanol–water partition coefficient (Wildman–Crippen LogP) is 2.86. The Morgan fingerprint density at radius 2 is 2.29 bits per heavy atom. The monoisotopic (exact) mass is 356 g/mol. The number of rotatable bonds is 3. The van der Waals surface area contributed by atoms with Crippen LogP contribution in [0.1, 0.15) is 29.6 Å². The molecule has 2 atom stereocenters. The van der Waals surface area contributed by atoms with Crippen molar-refractivity contribution in [1.29, 1.82) is 0 Å². The summed E-state index contributed by atoms with van der Waals surface area (Å²) in [6.07, 6.45) is 2.48. The van der Waals surface area contributed by atoms with E-state index in [9.17, 15) is 4.79 Å². The number of halogens is 1. The number of aromatic carboxylic acids is 1. The SMILES string of the molecule is O=C(O)c1ccc(Br)c(OC2CCOC3(CCOC3)C2)c1. The number of carbonyl (C=O) groups is 1. The first-order valence-electron chi connectivity index (χ1n) is 6.99. The Kier molecular flexibility index (Phi) is 4.19. The topological polar surface area (TPSA) is 65.0 Å². The number of hydrogen-bond acceptors (Lipinski definition) is 4. The molecule has 2 saturated heterocycles. The van der Waals surface area contributed by atoms with Crippen molar-refractivity contribution in [2.24, 2.45) is 0 Å². The van der Waals surface area contributed by atoms with Gasteiger partial charge in [-0.15, -0.1) is 0 Å². The second-order valence-corrected chi connectivity index (χ2v) is 6.37. The molecule has 114 valence electrons. The largest absolute Gasteiger partial charge is 0.489 e. The first kappa shape index (κ1) is 14.8. The molecule has 1 N–H and O–H groups in total. The molecule has 2 fully saturated rings. The van der Waals surface area contributed by atoms with Crippen LogP contribution in [0.3, 0.4) is 0 Å². The molecule has 21 heavy (non-hydrogen) atoms. The van der Waals surface area contributed by atoms with Crippen LogP contribution in [0.5, 0.6) is 5.75 Å². The fraction of sp³-hybridized carbons (Fsp3) is 0.533. The van der Waals surface area contributed by atoms with Crippen molar-refractivity contribution >= 4 is 21.9 Å². The Balaban J connectivity index is 1.74. The van der Waals surface area contributed by atoms with Gasteiger partial charge in [0, 0.05) is 25.9 Å². The summed E-state index contributed by atoms with van der Waals surface area (Å²) >= 11 is 3.41. The Bertz CT molecular complexity index is 539. The molecular weight excluding hydrogens is 340 g/mol. The van der Waals surface area contributed by atoms with Crippen LogP contribution in [0.25, 0.3) is 0 Å². The van der Waals surface area contributed by atoms with Crippen molar-refractivity contribution < 1.29 is 24.1 Å². The number of benzene rings is 1. The van der Waals surface area contributed by atoms with Crippen LogP contribution in [0.15, 0.2) is 22.7 Å². The molecule has 6 heteroatoms. The number of hydrogen-bond donors (Lipinski definition) is 1. The zero-order valence-corrected chi connectivity index (χ0v) is 13.1. The van der Waals surface area contributed by atoms with E-state index in [4.69, 9.17) is 19.3 Å². The molecule has 0 radical (unpaired) electrons. The molecule has 1 aromatic carbocycles. The van der Waals surface area contributed by atoms with Crippen molar-refractivity contribution in [2.75, 3.05) is 19.8 Å². The lowest BCUT2D eigenvalue weighted by molar-refractivity contribution is -0.112. The molecule has 3 rings (SSSR count). The van der Waals surface area contributed by atoms with Crippen molar-refractivity contribution in [3.8, 4) is 5.75 Å². The van der Waals surface area contributed by atoms with Crippen molar-refractivity contribution in [3.63, 3.8) is 0 Å². The quantitative estimate of drug-likeness (QED) is 0.901. The van der Waals surface area contributed by atoms with Crippen molar-refractivity contribution in [2.45, 2.75) is 31.0 Å². The van der Waals surface area contributed by atoms with Crippen LogP contribution in [-0.2, 0) is 9.47 Å². The number of carboxylic acids is 1. The third-order valence-electron chi connectivity index (χ3n) is 3.99. The van der Waals surface area contributed by atoms with Gasteiger partial charge >= 0.3 is 5.97 Å². The molecule has 2 aliphatic rings. The lowest BCUT2D eigenvalue weighted by Crippen LogP contribution is -2.44. The van der Waals surface area contributed by atoms with Gasteiger partial charge in [-0.2, -0.15) is 0 Å². The van der Waals surface area contributed by atoms with Gasteiger partial charge in [-0.05, 0) is 34.1 Å². The normalized spacial score (nSPS) is 28.7. The fourth-order valence-corrected chi connectivity index (χ4v) is 3.19. The van der Waals surface area contributed by atoms with E-state index in [0.717, 1.165) is 30.3 Å². The molecule has 0 aromatic heterocycles. The van der Waals surface area contributed by atoms with Crippen LogP contribution in [0, 0.1) is 0 Å². The smallest absolute Gasteiger partial charge is 0.335 e. The molecule has 2 unspecified atom stereocenters. The zero-order valence-electron chi connectivity index (χ0n) is 11.5. The molecule has 0 saturated carbocycles. The summed E-state index contributed by atoms with van der Waals surface area (Å²) in [6, 6.07) is 4.81. The Morgan fingerprint density at radius 3 is 3.00 bits per heavy atom. The highest BCUT2D eigenvalue weighted by Crippen LogP contribution is 2.36. The summed E-state index contributed by atoms with van der Waals surface area (Å²) in [6.45, 7) is 1.98. The summed E-state index contributed by atoms with van der Waals surface area (Å²) in [7, 11) is 0. The molecular formula is C15H17BrO5. The minimum absolute atomic E-state index is 0.0146. The minimum atomic E-state index is -0.958. The van der Waals surface area contributed by atoms with Crippen LogP contribution in [-0.4, -0.2) is 42.6 Å². The van der Waals surface area contributed by atoms with E-state index in [2.05, 4.69) is 15.9 Å². The van der Waals surface area contributed by atoms with Gasteiger partial charge in [0.1, 0.15) is 11.9 Å². The summed E-state index contributed by atoms with van der Waals surface area (Å²) in [5.41, 5.74) is -0.000964. The van der Waals surface area contributed by atoms with E-state index >= 15 is 0 Å². The average molecular weight is 357 g/mol. The average Bonchev–Trinajstić information content (AvgIpc) is 2.89. The highest BCUT2D eigenvalue weighted by atomic mass is 79.9. The van der Waals surface area contributed by atoms with Gasteiger partial charge < -0.3 is 19.3 Å². The molecule has 5 nitrogen and oxygen atoms in total. The lowest BCUT2D eigenvalue weighted by Gasteiger charge is -2.37. The van der Waals surface area contributed by atoms with E-state index in [1.807, 2.05) is 0 Å². The highest BCUT2D eigenvalue weighted by Gasteiger charge is 2.41. The Hall–Kier alpha value is -1.11. The minimum Gasteiger partial charge on any atom is -0.489 e. The molecule has 2 aliphatic heterocycles. The Morgan fingerprint density at radius 1 is 1.43 bits per heavy atom. The second-order valence-electron chi connectivity index (χ2n) is 5.52. The number of carboxylic acid groups (broad SMARTS) is 1. The maximum absolute atomic E-state index is 11.1. The van der Waals surface area contributed by atoms with Crippen LogP contribution < -0.4 is 4.74 Å². The fourth-order valence-electron chi connectivity index (χ4n) is 2.85. The molecule has 1 aromatic rings. The third kappa shape index (κ3) is 3.22. The van der Waals surface area contributed by atoms with Gasteiger partial charge in [0.15, 0.2) is 0 Å². The highest BCUT2D eigenvalue weighted by molar-refractivity contribution is 9.10.